The molecule has 3 N–H and O–H groups in total. The van der Waals surface area contributed by atoms with Gasteiger partial charge in [-0.2, -0.15) is 5.10 Å². The highest BCUT2D eigenvalue weighted by Crippen LogP contribution is 2.20. The molecule has 0 aliphatic rings. The zero-order valence-electron chi connectivity index (χ0n) is 9.93. The smallest absolute Gasteiger partial charge is 0.0966 e. The third kappa shape index (κ3) is 2.89. The van der Waals surface area contributed by atoms with Gasteiger partial charge in [-0.05, 0) is 19.2 Å². The summed E-state index contributed by atoms with van der Waals surface area (Å²) < 4.78 is 0. The van der Waals surface area contributed by atoms with Gasteiger partial charge in [0.25, 0.3) is 0 Å². The molecular formula is C12H17N5. The van der Waals surface area contributed by atoms with Gasteiger partial charge < -0.3 is 10.6 Å². The molecule has 90 valence electrons. The van der Waals surface area contributed by atoms with Crippen LogP contribution in [-0.4, -0.2) is 40.2 Å². The van der Waals surface area contributed by atoms with E-state index in [0.717, 1.165) is 24.3 Å². The summed E-state index contributed by atoms with van der Waals surface area (Å²) in [4.78, 5) is 6.19. The number of H-pyrrole nitrogens is 1. The molecule has 0 spiro atoms. The Morgan fingerprint density at radius 1 is 1.35 bits per heavy atom. The maximum Gasteiger partial charge on any atom is 0.0966 e. The van der Waals surface area contributed by atoms with Crippen molar-refractivity contribution >= 4 is 0 Å². The summed E-state index contributed by atoms with van der Waals surface area (Å²) in [7, 11) is 2.05. The predicted molar refractivity (Wildman–Crippen MR) is 67.2 cm³/mol. The Balaban J connectivity index is 2.18. The fourth-order valence-corrected chi connectivity index (χ4v) is 1.79. The average molecular weight is 231 g/mol. The lowest BCUT2D eigenvalue weighted by Gasteiger charge is -2.14. The molecule has 0 aliphatic carbocycles. The summed E-state index contributed by atoms with van der Waals surface area (Å²) in [5, 5.41) is 7.20. The number of pyridine rings is 1. The molecule has 0 saturated heterocycles. The van der Waals surface area contributed by atoms with Crippen molar-refractivity contribution in [2.24, 2.45) is 5.73 Å². The second kappa shape index (κ2) is 5.56. The molecule has 0 unspecified atom stereocenters. The first kappa shape index (κ1) is 11.8. The van der Waals surface area contributed by atoms with Crippen molar-refractivity contribution in [1.29, 1.82) is 0 Å². The van der Waals surface area contributed by atoms with Crippen LogP contribution in [0.1, 0.15) is 5.56 Å². The van der Waals surface area contributed by atoms with Crippen molar-refractivity contribution in [2.45, 2.75) is 6.54 Å². The zero-order valence-corrected chi connectivity index (χ0v) is 9.93. The Hall–Kier alpha value is -1.72. The van der Waals surface area contributed by atoms with Gasteiger partial charge in [-0.25, -0.2) is 0 Å². The number of nitrogens with one attached hydrogen (secondary N) is 1. The fraction of sp³-hybridized carbons (Fsp3) is 0.333. The SMILES string of the molecule is CN(CCN)Cc1c[nH]nc1-c1ccncc1. The van der Waals surface area contributed by atoms with E-state index in [0.29, 0.717) is 6.54 Å². The number of nitrogens with zero attached hydrogens (tertiary/aromatic N) is 3. The highest BCUT2D eigenvalue weighted by Gasteiger charge is 2.09. The second-order valence-electron chi connectivity index (χ2n) is 4.02. The zero-order chi connectivity index (χ0) is 12.1. The molecule has 17 heavy (non-hydrogen) atoms. The summed E-state index contributed by atoms with van der Waals surface area (Å²) in [5.41, 5.74) is 8.77. The largest absolute Gasteiger partial charge is 0.329 e. The van der Waals surface area contributed by atoms with E-state index >= 15 is 0 Å². The minimum atomic E-state index is 0.666. The maximum atomic E-state index is 5.53. The van der Waals surface area contributed by atoms with Gasteiger partial charge in [0.15, 0.2) is 0 Å². The molecule has 2 aromatic rings. The molecule has 0 aromatic carbocycles. The van der Waals surface area contributed by atoms with Gasteiger partial charge in [0.1, 0.15) is 0 Å². The highest BCUT2D eigenvalue weighted by molar-refractivity contribution is 5.61. The Kier molecular flexibility index (Phi) is 3.85. The monoisotopic (exact) mass is 231 g/mol. The quantitative estimate of drug-likeness (QED) is 0.800. The summed E-state index contributed by atoms with van der Waals surface area (Å²) >= 11 is 0. The molecular weight excluding hydrogens is 214 g/mol. The predicted octanol–water partition coefficient (Wildman–Crippen LogP) is 0.862. The van der Waals surface area contributed by atoms with Crippen molar-refractivity contribution in [3.8, 4) is 11.3 Å². The van der Waals surface area contributed by atoms with E-state index in [9.17, 15) is 0 Å². The van der Waals surface area contributed by atoms with Crippen LogP contribution in [0.5, 0.6) is 0 Å². The lowest BCUT2D eigenvalue weighted by molar-refractivity contribution is 0.337. The lowest BCUT2D eigenvalue weighted by Crippen LogP contribution is -2.25. The van der Waals surface area contributed by atoms with Crippen LogP contribution in [0.4, 0.5) is 0 Å². The highest BCUT2D eigenvalue weighted by atomic mass is 15.1. The van der Waals surface area contributed by atoms with Gasteiger partial charge in [-0.15, -0.1) is 0 Å². The molecule has 0 bridgehead atoms. The first-order valence-corrected chi connectivity index (χ1v) is 5.63. The molecule has 2 aromatic heterocycles. The Morgan fingerprint density at radius 2 is 2.12 bits per heavy atom. The Bertz CT molecular complexity index is 451. The van der Waals surface area contributed by atoms with Crippen LogP contribution >= 0.6 is 0 Å². The number of likely N-dealkylation sites (N-methyl/N-ethyl adjacent to an activating group) is 1. The minimum Gasteiger partial charge on any atom is -0.329 e. The van der Waals surface area contributed by atoms with E-state index in [1.807, 2.05) is 18.3 Å². The van der Waals surface area contributed by atoms with Crippen LogP contribution in [0.3, 0.4) is 0 Å². The van der Waals surface area contributed by atoms with Crippen LogP contribution < -0.4 is 5.73 Å². The van der Waals surface area contributed by atoms with Gasteiger partial charge in [-0.1, -0.05) is 0 Å². The molecule has 5 heteroatoms. The van der Waals surface area contributed by atoms with Crippen molar-refractivity contribution in [3.05, 3.63) is 36.3 Å². The third-order valence-corrected chi connectivity index (χ3v) is 2.62. The molecule has 2 heterocycles. The topological polar surface area (TPSA) is 70.8 Å². The second-order valence-corrected chi connectivity index (χ2v) is 4.02. The summed E-state index contributed by atoms with van der Waals surface area (Å²) in [6.07, 6.45) is 5.48. The third-order valence-electron chi connectivity index (χ3n) is 2.62. The molecule has 0 saturated carbocycles. The number of rotatable bonds is 5. The van der Waals surface area contributed by atoms with Gasteiger partial charge in [0, 0.05) is 49.4 Å². The summed E-state index contributed by atoms with van der Waals surface area (Å²) in [6.45, 7) is 2.38. The average Bonchev–Trinajstić information content (AvgIpc) is 2.78. The van der Waals surface area contributed by atoms with Crippen molar-refractivity contribution < 1.29 is 0 Å². The van der Waals surface area contributed by atoms with Gasteiger partial charge in [-0.3, -0.25) is 10.1 Å². The molecule has 0 fully saturated rings. The van der Waals surface area contributed by atoms with E-state index in [4.69, 9.17) is 5.73 Å². The number of aromatic nitrogens is 3. The first-order chi connectivity index (χ1) is 8.31. The van der Waals surface area contributed by atoms with Crippen LogP contribution in [0.25, 0.3) is 11.3 Å². The molecule has 5 nitrogen and oxygen atoms in total. The number of aromatic amines is 1. The summed E-state index contributed by atoms with van der Waals surface area (Å²) in [5.74, 6) is 0. The van der Waals surface area contributed by atoms with Crippen LogP contribution in [0, 0.1) is 0 Å². The summed E-state index contributed by atoms with van der Waals surface area (Å²) in [6, 6.07) is 3.92. The van der Waals surface area contributed by atoms with Crippen molar-refractivity contribution in [1.82, 2.24) is 20.1 Å². The fourth-order valence-electron chi connectivity index (χ4n) is 1.79. The number of nitrogens with two attached hydrogens (primary N) is 1. The van der Waals surface area contributed by atoms with Gasteiger partial charge in [0.05, 0.1) is 5.69 Å². The van der Waals surface area contributed by atoms with Crippen LogP contribution in [-0.2, 0) is 6.54 Å². The van der Waals surface area contributed by atoms with Crippen LogP contribution in [0.15, 0.2) is 30.7 Å². The van der Waals surface area contributed by atoms with E-state index in [2.05, 4.69) is 27.1 Å². The standard InChI is InChI=1S/C12H17N5/c1-17(7-4-13)9-11-8-15-16-12(11)10-2-5-14-6-3-10/h2-3,5-6,8H,4,7,9,13H2,1H3,(H,15,16). The van der Waals surface area contributed by atoms with Gasteiger partial charge >= 0.3 is 0 Å². The minimum absolute atomic E-state index is 0.666. The number of hydrogen-bond donors (Lipinski definition) is 2. The van der Waals surface area contributed by atoms with E-state index in [1.54, 1.807) is 12.4 Å². The first-order valence-electron chi connectivity index (χ1n) is 5.63. The molecule has 0 amide bonds. The molecule has 0 aliphatic heterocycles. The normalized spacial score (nSPS) is 11.0. The maximum absolute atomic E-state index is 5.53. The van der Waals surface area contributed by atoms with Crippen LogP contribution in [0.2, 0.25) is 0 Å². The lowest BCUT2D eigenvalue weighted by atomic mass is 10.1. The number of hydrogen-bond acceptors (Lipinski definition) is 4. The van der Waals surface area contributed by atoms with Crippen molar-refractivity contribution in [3.63, 3.8) is 0 Å². The van der Waals surface area contributed by atoms with Gasteiger partial charge in [0.2, 0.25) is 0 Å². The Labute approximate surface area is 101 Å². The molecule has 2 rings (SSSR count). The molecule has 0 radical (unpaired) electrons. The molecule has 0 atom stereocenters. The Morgan fingerprint density at radius 3 is 2.82 bits per heavy atom. The van der Waals surface area contributed by atoms with E-state index < -0.39 is 0 Å². The van der Waals surface area contributed by atoms with Crippen molar-refractivity contribution in [2.75, 3.05) is 20.1 Å². The van der Waals surface area contributed by atoms with E-state index in [-0.39, 0.29) is 0 Å². The van der Waals surface area contributed by atoms with E-state index in [1.165, 1.54) is 5.56 Å².